The molecule has 1 N–H and O–H groups in total. The van der Waals surface area contributed by atoms with E-state index in [1.54, 1.807) is 7.11 Å². The Balaban J connectivity index is 1.28. The molecule has 0 radical (unpaired) electrons. The second kappa shape index (κ2) is 10.8. The molecule has 0 spiro atoms. The predicted molar refractivity (Wildman–Crippen MR) is 176 cm³/mol. The van der Waals surface area contributed by atoms with Gasteiger partial charge in [-0.1, -0.05) is 43.7 Å². The van der Waals surface area contributed by atoms with Crippen molar-refractivity contribution in [3.05, 3.63) is 71.3 Å². The Labute approximate surface area is 263 Å². The number of ether oxygens (including phenoxy) is 1. The van der Waals surface area contributed by atoms with Crippen molar-refractivity contribution in [2.45, 2.75) is 52.1 Å². The number of amides is 2. The minimum absolute atomic E-state index is 0.00922. The first-order chi connectivity index (χ1) is 21.9. The minimum atomic E-state index is -0.00922. The van der Waals surface area contributed by atoms with Gasteiger partial charge >= 0.3 is 0 Å². The van der Waals surface area contributed by atoms with E-state index in [0.717, 1.165) is 88.2 Å². The Hall–Kier alpha value is -4.59. The lowest BCUT2D eigenvalue weighted by atomic mass is 9.95. The first-order valence-corrected chi connectivity index (χ1v) is 16.3. The summed E-state index contributed by atoms with van der Waals surface area (Å²) in [7, 11) is 3.70. The SMILES string of the molecule is CC[C@@H]1CCCN(C(=O)c2cc(OC)c3c(c2)nc(-c2cc4cccc(-c5cccc6c5CNC6=O)c4n2CC2CC2)n3C)C1. The quantitative estimate of drug-likeness (QED) is 0.223. The molecule has 1 saturated heterocycles. The molecule has 2 aliphatic heterocycles. The average molecular weight is 602 g/mol. The number of para-hydroxylation sites is 1. The minimum Gasteiger partial charge on any atom is -0.494 e. The fourth-order valence-electron chi connectivity index (χ4n) is 7.57. The number of aromatic nitrogens is 3. The highest BCUT2D eigenvalue weighted by Gasteiger charge is 2.30. The van der Waals surface area contributed by atoms with Gasteiger partial charge in [0.05, 0.1) is 23.8 Å². The molecule has 45 heavy (non-hydrogen) atoms. The molecule has 1 saturated carbocycles. The van der Waals surface area contributed by atoms with E-state index in [1.807, 2.05) is 36.2 Å². The second-order valence-electron chi connectivity index (χ2n) is 13.0. The third-order valence-electron chi connectivity index (χ3n) is 10.2. The van der Waals surface area contributed by atoms with Crippen LogP contribution < -0.4 is 10.1 Å². The zero-order valence-corrected chi connectivity index (χ0v) is 26.2. The van der Waals surface area contributed by atoms with Crippen LogP contribution in [0.2, 0.25) is 0 Å². The number of methoxy groups -OCH3 is 1. The number of piperidine rings is 1. The molecule has 0 unspecified atom stereocenters. The Morgan fingerprint density at radius 2 is 1.80 bits per heavy atom. The molecule has 230 valence electrons. The number of nitrogens with one attached hydrogen (secondary N) is 1. The molecule has 8 rings (SSSR count). The Bertz CT molecular complexity index is 2000. The largest absolute Gasteiger partial charge is 0.494 e. The first kappa shape index (κ1) is 27.9. The normalized spacial score (nSPS) is 18.1. The van der Waals surface area contributed by atoms with Crippen LogP contribution in [-0.2, 0) is 20.1 Å². The molecule has 2 amide bonds. The smallest absolute Gasteiger partial charge is 0.254 e. The van der Waals surface area contributed by atoms with E-state index in [4.69, 9.17) is 9.72 Å². The zero-order valence-electron chi connectivity index (χ0n) is 26.2. The summed E-state index contributed by atoms with van der Waals surface area (Å²) in [4.78, 5) is 33.4. The van der Waals surface area contributed by atoms with Gasteiger partial charge in [-0.3, -0.25) is 9.59 Å². The summed E-state index contributed by atoms with van der Waals surface area (Å²) >= 11 is 0. The van der Waals surface area contributed by atoms with Gasteiger partial charge in [0, 0.05) is 55.3 Å². The number of imidazole rings is 1. The van der Waals surface area contributed by atoms with E-state index in [1.165, 1.54) is 19.3 Å². The molecule has 8 nitrogen and oxygen atoms in total. The molecule has 3 aliphatic rings. The molecule has 2 aromatic heterocycles. The highest BCUT2D eigenvalue weighted by atomic mass is 16.5. The van der Waals surface area contributed by atoms with Gasteiger partial charge in [-0.2, -0.15) is 0 Å². The molecule has 3 aromatic carbocycles. The molecular weight excluding hydrogens is 562 g/mol. The fraction of sp³-hybridized carbons (Fsp3) is 0.378. The Morgan fingerprint density at radius 3 is 2.60 bits per heavy atom. The van der Waals surface area contributed by atoms with Crippen LogP contribution >= 0.6 is 0 Å². The molecular formula is C37H39N5O3. The van der Waals surface area contributed by atoms with Crippen molar-refractivity contribution in [1.29, 1.82) is 0 Å². The van der Waals surface area contributed by atoms with Crippen LogP contribution in [0.1, 0.15) is 65.3 Å². The van der Waals surface area contributed by atoms with Crippen molar-refractivity contribution in [2.24, 2.45) is 18.9 Å². The fourth-order valence-corrected chi connectivity index (χ4v) is 7.57. The van der Waals surface area contributed by atoms with Gasteiger partial charge < -0.3 is 24.1 Å². The molecule has 4 heterocycles. The van der Waals surface area contributed by atoms with Crippen molar-refractivity contribution in [3.63, 3.8) is 0 Å². The number of carbonyl (C=O) groups excluding carboxylic acids is 2. The van der Waals surface area contributed by atoms with Crippen LogP contribution in [0.25, 0.3) is 44.6 Å². The third-order valence-corrected chi connectivity index (χ3v) is 10.2. The lowest BCUT2D eigenvalue weighted by Gasteiger charge is -2.32. The molecule has 1 atom stereocenters. The van der Waals surface area contributed by atoms with Gasteiger partial charge in [0.25, 0.3) is 11.8 Å². The van der Waals surface area contributed by atoms with Crippen LogP contribution in [0.15, 0.2) is 54.6 Å². The van der Waals surface area contributed by atoms with Gasteiger partial charge in [0.15, 0.2) is 5.82 Å². The van der Waals surface area contributed by atoms with Crippen LogP contribution in [-0.4, -0.2) is 51.0 Å². The number of rotatable bonds is 7. The topological polar surface area (TPSA) is 81.4 Å². The first-order valence-electron chi connectivity index (χ1n) is 16.3. The van der Waals surface area contributed by atoms with Gasteiger partial charge in [-0.25, -0.2) is 4.98 Å². The van der Waals surface area contributed by atoms with Crippen molar-refractivity contribution in [2.75, 3.05) is 20.2 Å². The van der Waals surface area contributed by atoms with Gasteiger partial charge in [-0.15, -0.1) is 0 Å². The van der Waals surface area contributed by atoms with E-state index >= 15 is 0 Å². The summed E-state index contributed by atoms with van der Waals surface area (Å²) in [5, 5.41) is 4.15. The van der Waals surface area contributed by atoms with Crippen LogP contribution in [0, 0.1) is 11.8 Å². The standard InChI is InChI=1S/C37H39N5O3/c1-4-22-8-7-15-41(20-22)37(44)25-16-30-34(32(18-25)45-3)40(2)35(39-30)31-17-24-9-5-11-27(33(24)42(31)21-23-13-14-23)26-10-6-12-28-29(26)19-38-36(28)43/h5-6,9-12,16-18,22-23H,4,7-8,13-15,19-21H2,1-3H3,(H,38,43)/t22-/m1/s1. The van der Waals surface area contributed by atoms with Crippen LogP contribution in [0.3, 0.4) is 0 Å². The van der Waals surface area contributed by atoms with Gasteiger partial charge in [0.1, 0.15) is 11.3 Å². The third kappa shape index (κ3) is 4.61. The molecule has 0 bridgehead atoms. The summed E-state index contributed by atoms with van der Waals surface area (Å²) in [5.41, 5.74) is 8.50. The second-order valence-corrected chi connectivity index (χ2v) is 13.0. The molecule has 2 fully saturated rings. The summed E-state index contributed by atoms with van der Waals surface area (Å²) in [6.45, 7) is 5.25. The van der Waals surface area contributed by atoms with Crippen molar-refractivity contribution >= 4 is 33.8 Å². The van der Waals surface area contributed by atoms with Gasteiger partial charge in [-0.05, 0) is 72.9 Å². The summed E-state index contributed by atoms with van der Waals surface area (Å²) in [6, 6.07) is 18.5. The molecule has 1 aliphatic carbocycles. The van der Waals surface area contributed by atoms with E-state index in [2.05, 4.69) is 51.7 Å². The number of carbonyl (C=O) groups is 2. The molecule has 5 aromatic rings. The Morgan fingerprint density at radius 1 is 1.00 bits per heavy atom. The average Bonchev–Trinajstić information content (AvgIpc) is 3.58. The highest BCUT2D eigenvalue weighted by molar-refractivity contribution is 6.04. The number of likely N-dealkylation sites (tertiary alicyclic amines) is 1. The van der Waals surface area contributed by atoms with E-state index in [0.29, 0.717) is 29.7 Å². The maximum Gasteiger partial charge on any atom is 0.254 e. The maximum atomic E-state index is 13.7. The zero-order chi connectivity index (χ0) is 30.8. The molecule has 8 heteroatoms. The number of benzene rings is 3. The predicted octanol–water partition coefficient (Wildman–Crippen LogP) is 6.79. The van der Waals surface area contributed by atoms with E-state index in [9.17, 15) is 9.59 Å². The van der Waals surface area contributed by atoms with Crippen molar-refractivity contribution < 1.29 is 14.3 Å². The lowest BCUT2D eigenvalue weighted by Crippen LogP contribution is -2.39. The van der Waals surface area contributed by atoms with Crippen LogP contribution in [0.4, 0.5) is 0 Å². The number of nitrogens with zero attached hydrogens (tertiary/aromatic N) is 4. The number of hydrogen-bond donors (Lipinski definition) is 1. The van der Waals surface area contributed by atoms with E-state index < -0.39 is 0 Å². The van der Waals surface area contributed by atoms with Gasteiger partial charge in [0.2, 0.25) is 0 Å². The summed E-state index contributed by atoms with van der Waals surface area (Å²) in [5.74, 6) is 2.73. The monoisotopic (exact) mass is 601 g/mol. The number of fused-ring (bicyclic) bond motifs is 3. The Kier molecular flexibility index (Phi) is 6.69. The van der Waals surface area contributed by atoms with Crippen LogP contribution in [0.5, 0.6) is 5.75 Å². The number of hydrogen-bond acceptors (Lipinski definition) is 4. The summed E-state index contributed by atoms with van der Waals surface area (Å²) in [6.07, 6.45) is 5.76. The lowest BCUT2D eigenvalue weighted by molar-refractivity contribution is 0.0671. The maximum absolute atomic E-state index is 13.7. The number of aryl methyl sites for hydroxylation is 1. The highest BCUT2D eigenvalue weighted by Crippen LogP contribution is 2.42. The van der Waals surface area contributed by atoms with E-state index in [-0.39, 0.29) is 11.8 Å². The van der Waals surface area contributed by atoms with Crippen molar-refractivity contribution in [1.82, 2.24) is 24.3 Å². The van der Waals surface area contributed by atoms with Crippen molar-refractivity contribution in [3.8, 4) is 28.4 Å². The summed E-state index contributed by atoms with van der Waals surface area (Å²) < 4.78 is 10.4.